The Morgan fingerprint density at radius 3 is 2.70 bits per heavy atom. The van der Waals surface area contributed by atoms with E-state index in [0.717, 1.165) is 30.8 Å². The topological polar surface area (TPSA) is 120 Å². The van der Waals surface area contributed by atoms with Crippen LogP contribution in [-0.2, 0) is 16.4 Å². The monoisotopic (exact) mass is 480 g/mol. The van der Waals surface area contributed by atoms with Crippen LogP contribution in [0.3, 0.4) is 0 Å². The minimum atomic E-state index is -3.82. The summed E-state index contributed by atoms with van der Waals surface area (Å²) in [7, 11) is 0.119. The molecule has 3 aromatic rings. The second-order valence-electron chi connectivity index (χ2n) is 7.86. The summed E-state index contributed by atoms with van der Waals surface area (Å²) < 4.78 is 55.2. The van der Waals surface area contributed by atoms with Gasteiger partial charge in [0.25, 0.3) is 5.91 Å². The Hall–Kier alpha value is -3.12. The number of anilines is 2. The first kappa shape index (κ1) is 24.5. The number of sulfonamides is 1. The van der Waals surface area contributed by atoms with E-state index in [1.807, 2.05) is 14.1 Å². The largest absolute Gasteiger partial charge is 0.320 e. The Bertz CT molecular complexity index is 1260. The Balaban J connectivity index is 1.84. The molecule has 0 saturated carbocycles. The molecular weight excluding hydrogens is 454 g/mol. The molecule has 33 heavy (non-hydrogen) atoms. The smallest absolute Gasteiger partial charge is 0.261 e. The summed E-state index contributed by atoms with van der Waals surface area (Å²) in [6.07, 6.45) is 3.19. The average molecular weight is 481 g/mol. The van der Waals surface area contributed by atoms with Crippen molar-refractivity contribution in [2.75, 3.05) is 36.4 Å². The summed E-state index contributed by atoms with van der Waals surface area (Å²) in [6, 6.07) is 3.40. The molecule has 3 rings (SSSR count). The summed E-state index contributed by atoms with van der Waals surface area (Å²) in [5.41, 5.74) is 0.114. The van der Waals surface area contributed by atoms with Crippen LogP contribution in [0.1, 0.15) is 35.8 Å². The standard InChI is InChI=1S/C21H26F2N6O3S/c1-4-10-33(31,32)28-17-8-7-15(22)18(19(17)23)21(30)25-13-11-14-16(6-5-9-29(2)3)26-27-20(14)24-12-13/h7-8,11-12,28H,4-6,9-10H2,1-3H3,(H,25,30)(H,24,26,27). The molecule has 0 atom stereocenters. The number of benzene rings is 1. The van der Waals surface area contributed by atoms with Crippen molar-refractivity contribution in [2.45, 2.75) is 26.2 Å². The zero-order chi connectivity index (χ0) is 24.2. The number of fused-ring (bicyclic) bond motifs is 1. The van der Waals surface area contributed by atoms with Crippen molar-refractivity contribution in [3.63, 3.8) is 0 Å². The lowest BCUT2D eigenvalue weighted by Gasteiger charge is -2.12. The van der Waals surface area contributed by atoms with Gasteiger partial charge in [-0.1, -0.05) is 6.92 Å². The predicted molar refractivity (Wildman–Crippen MR) is 123 cm³/mol. The number of hydrogen-bond acceptors (Lipinski definition) is 6. The number of nitrogens with one attached hydrogen (secondary N) is 3. The molecular formula is C21H26F2N6O3S. The summed E-state index contributed by atoms with van der Waals surface area (Å²) >= 11 is 0. The molecule has 0 fully saturated rings. The van der Waals surface area contributed by atoms with Gasteiger partial charge in [-0.05, 0) is 58.1 Å². The van der Waals surface area contributed by atoms with Gasteiger partial charge in [0.05, 0.1) is 29.0 Å². The zero-order valence-electron chi connectivity index (χ0n) is 18.6. The third kappa shape index (κ3) is 6.02. The van der Waals surface area contributed by atoms with Gasteiger partial charge in [-0.2, -0.15) is 5.10 Å². The van der Waals surface area contributed by atoms with Crippen LogP contribution in [0.2, 0.25) is 0 Å². The molecule has 0 bridgehead atoms. The molecule has 3 N–H and O–H groups in total. The minimum absolute atomic E-state index is 0.221. The third-order valence-corrected chi connectivity index (χ3v) is 6.31. The number of halogens is 2. The number of carbonyl (C=O) groups excluding carboxylic acids is 1. The summed E-state index contributed by atoms with van der Waals surface area (Å²) in [6.45, 7) is 2.52. The van der Waals surface area contributed by atoms with E-state index in [1.165, 1.54) is 6.20 Å². The van der Waals surface area contributed by atoms with Gasteiger partial charge in [-0.25, -0.2) is 22.2 Å². The summed E-state index contributed by atoms with van der Waals surface area (Å²) in [5, 5.41) is 10.2. The molecule has 0 aliphatic rings. The lowest BCUT2D eigenvalue weighted by Crippen LogP contribution is -2.20. The molecule has 0 saturated heterocycles. The van der Waals surface area contributed by atoms with E-state index in [2.05, 4.69) is 30.1 Å². The van der Waals surface area contributed by atoms with Crippen LogP contribution in [0.4, 0.5) is 20.2 Å². The van der Waals surface area contributed by atoms with Crippen LogP contribution in [0.5, 0.6) is 0 Å². The van der Waals surface area contributed by atoms with Gasteiger partial charge in [0, 0.05) is 5.39 Å². The Labute approximate surface area is 190 Å². The number of aryl methyl sites for hydroxylation is 1. The maximum Gasteiger partial charge on any atom is 0.261 e. The van der Waals surface area contributed by atoms with E-state index >= 15 is 0 Å². The number of amides is 1. The quantitative estimate of drug-likeness (QED) is 0.410. The first-order chi connectivity index (χ1) is 15.6. The number of carbonyl (C=O) groups is 1. The van der Waals surface area contributed by atoms with E-state index in [-0.39, 0.29) is 11.4 Å². The maximum atomic E-state index is 14.9. The Morgan fingerprint density at radius 2 is 2.00 bits per heavy atom. The Kier molecular flexibility index (Phi) is 7.59. The van der Waals surface area contributed by atoms with Gasteiger partial charge < -0.3 is 10.2 Å². The first-order valence-corrected chi connectivity index (χ1v) is 12.0. The van der Waals surface area contributed by atoms with Crippen molar-refractivity contribution in [1.29, 1.82) is 0 Å². The van der Waals surface area contributed by atoms with E-state index in [9.17, 15) is 22.0 Å². The number of pyridine rings is 1. The van der Waals surface area contributed by atoms with Gasteiger partial charge >= 0.3 is 0 Å². The van der Waals surface area contributed by atoms with E-state index in [0.29, 0.717) is 23.9 Å². The van der Waals surface area contributed by atoms with Crippen LogP contribution in [0.25, 0.3) is 11.0 Å². The van der Waals surface area contributed by atoms with Crippen molar-refractivity contribution >= 4 is 38.3 Å². The molecule has 0 unspecified atom stereocenters. The highest BCUT2D eigenvalue weighted by atomic mass is 32.2. The first-order valence-electron chi connectivity index (χ1n) is 10.4. The van der Waals surface area contributed by atoms with Crippen molar-refractivity contribution in [3.05, 3.63) is 47.3 Å². The van der Waals surface area contributed by atoms with Gasteiger partial charge in [0.1, 0.15) is 11.4 Å². The highest BCUT2D eigenvalue weighted by Gasteiger charge is 2.23. The highest BCUT2D eigenvalue weighted by Crippen LogP contribution is 2.25. The summed E-state index contributed by atoms with van der Waals surface area (Å²) in [4.78, 5) is 18.9. The number of nitrogens with zero attached hydrogens (tertiary/aromatic N) is 3. The molecule has 2 heterocycles. The number of aromatic nitrogens is 3. The van der Waals surface area contributed by atoms with Crippen molar-refractivity contribution < 1.29 is 22.0 Å². The van der Waals surface area contributed by atoms with Gasteiger partial charge in [-0.3, -0.25) is 14.6 Å². The number of aromatic amines is 1. The van der Waals surface area contributed by atoms with Crippen LogP contribution in [0.15, 0.2) is 24.4 Å². The van der Waals surface area contributed by atoms with Crippen LogP contribution in [-0.4, -0.2) is 60.8 Å². The molecule has 0 aliphatic carbocycles. The second kappa shape index (κ2) is 10.2. The third-order valence-electron chi connectivity index (χ3n) is 4.83. The van der Waals surface area contributed by atoms with Crippen LogP contribution < -0.4 is 10.0 Å². The molecule has 9 nitrogen and oxygen atoms in total. The second-order valence-corrected chi connectivity index (χ2v) is 9.70. The minimum Gasteiger partial charge on any atom is -0.320 e. The SMILES string of the molecule is CCCS(=O)(=O)Nc1ccc(F)c(C(=O)Nc2cnc3[nH]nc(CCCN(C)C)c3c2)c1F. The molecule has 1 amide bonds. The lowest BCUT2D eigenvalue weighted by atomic mass is 10.1. The molecule has 1 aromatic carbocycles. The zero-order valence-corrected chi connectivity index (χ0v) is 19.4. The van der Waals surface area contributed by atoms with Crippen LogP contribution in [0, 0.1) is 11.6 Å². The Morgan fingerprint density at radius 1 is 1.24 bits per heavy atom. The van der Waals surface area contributed by atoms with Crippen molar-refractivity contribution in [3.8, 4) is 0 Å². The van der Waals surface area contributed by atoms with Crippen LogP contribution >= 0.6 is 0 Å². The highest BCUT2D eigenvalue weighted by molar-refractivity contribution is 7.92. The molecule has 178 valence electrons. The van der Waals surface area contributed by atoms with Gasteiger partial charge in [0.2, 0.25) is 10.0 Å². The van der Waals surface area contributed by atoms with Gasteiger partial charge in [-0.15, -0.1) is 0 Å². The average Bonchev–Trinajstić information content (AvgIpc) is 3.12. The van der Waals surface area contributed by atoms with Crippen molar-refractivity contribution in [1.82, 2.24) is 20.1 Å². The number of rotatable bonds is 10. The molecule has 0 spiro atoms. The number of hydrogen-bond donors (Lipinski definition) is 3. The van der Waals surface area contributed by atoms with E-state index < -0.39 is 38.8 Å². The molecule has 0 aliphatic heterocycles. The fraction of sp³-hybridized carbons (Fsp3) is 0.381. The molecule has 0 radical (unpaired) electrons. The van der Waals surface area contributed by atoms with Gasteiger partial charge in [0.15, 0.2) is 11.5 Å². The maximum absolute atomic E-state index is 14.9. The van der Waals surface area contributed by atoms with E-state index in [4.69, 9.17) is 0 Å². The van der Waals surface area contributed by atoms with E-state index in [1.54, 1.807) is 13.0 Å². The number of H-pyrrole nitrogens is 1. The molecule has 12 heteroatoms. The summed E-state index contributed by atoms with van der Waals surface area (Å²) in [5.74, 6) is -3.72. The predicted octanol–water partition coefficient (Wildman–Crippen LogP) is 3.13. The lowest BCUT2D eigenvalue weighted by molar-refractivity contribution is 0.101. The van der Waals surface area contributed by atoms with Crippen molar-refractivity contribution in [2.24, 2.45) is 0 Å². The fourth-order valence-corrected chi connectivity index (χ4v) is 4.43. The molecule has 2 aromatic heterocycles. The normalized spacial score (nSPS) is 11.8. The fourth-order valence-electron chi connectivity index (χ4n) is 3.30.